The average Bonchev–Trinajstić information content (AvgIpc) is 2.28. The van der Waals surface area contributed by atoms with Crippen LogP contribution in [0.5, 0.6) is 0 Å². The van der Waals surface area contributed by atoms with Gasteiger partial charge in [0.05, 0.1) is 0 Å². The van der Waals surface area contributed by atoms with E-state index in [9.17, 15) is 0 Å². The Bertz CT molecular complexity index is 353. The summed E-state index contributed by atoms with van der Waals surface area (Å²) in [6, 6.07) is 6.89. The van der Waals surface area contributed by atoms with Crippen molar-refractivity contribution in [1.29, 1.82) is 0 Å². The van der Waals surface area contributed by atoms with Gasteiger partial charge in [-0.3, -0.25) is 0 Å². The summed E-state index contributed by atoms with van der Waals surface area (Å²) in [6.45, 7) is 4.40. The fraction of sp³-hybridized carbons (Fsp3) is 0.600. The molecular weight excluding hydrogens is 208 g/mol. The van der Waals surface area contributed by atoms with Crippen molar-refractivity contribution in [3.63, 3.8) is 0 Å². The fourth-order valence-electron chi connectivity index (χ4n) is 3.00. The Morgan fingerprint density at radius 2 is 2.00 bits per heavy atom. The van der Waals surface area contributed by atoms with Crippen molar-refractivity contribution in [2.45, 2.75) is 52.0 Å². The normalized spacial score (nSPS) is 24.6. The van der Waals surface area contributed by atoms with E-state index in [1.54, 1.807) is 0 Å². The topological polar surface area (TPSA) is 38.0 Å². The van der Waals surface area contributed by atoms with Crippen LogP contribution in [0, 0.1) is 12.8 Å². The molecule has 2 unspecified atom stereocenters. The third-order valence-electron chi connectivity index (χ3n) is 3.89. The van der Waals surface area contributed by atoms with Crippen molar-refractivity contribution in [2.75, 3.05) is 11.1 Å². The smallest absolute Gasteiger partial charge is 0.0365 e. The molecule has 94 valence electrons. The van der Waals surface area contributed by atoms with Crippen molar-refractivity contribution >= 4 is 11.4 Å². The molecule has 2 atom stereocenters. The highest BCUT2D eigenvalue weighted by molar-refractivity contribution is 5.57. The molecule has 1 aliphatic rings. The predicted molar refractivity (Wildman–Crippen MR) is 75.3 cm³/mol. The van der Waals surface area contributed by atoms with Gasteiger partial charge in [0.1, 0.15) is 0 Å². The standard InChI is InChI=1S/C15H24N2/c1-3-12-6-4-5-7-15(12)17-14-9-11(2)8-13(16)10-14/h8-10,12,15,17H,3-7,16H2,1-2H3. The molecule has 0 saturated heterocycles. The molecule has 0 amide bonds. The summed E-state index contributed by atoms with van der Waals surface area (Å²) < 4.78 is 0. The van der Waals surface area contributed by atoms with Crippen LogP contribution < -0.4 is 11.1 Å². The molecule has 1 aliphatic carbocycles. The lowest BCUT2D eigenvalue weighted by Gasteiger charge is -2.32. The largest absolute Gasteiger partial charge is 0.399 e. The molecule has 17 heavy (non-hydrogen) atoms. The molecule has 1 aromatic rings. The lowest BCUT2D eigenvalue weighted by Crippen LogP contribution is -2.31. The summed E-state index contributed by atoms with van der Waals surface area (Å²) in [4.78, 5) is 0. The Balaban J connectivity index is 2.08. The van der Waals surface area contributed by atoms with Gasteiger partial charge in [-0.05, 0) is 49.4 Å². The highest BCUT2D eigenvalue weighted by Crippen LogP contribution is 2.30. The summed E-state index contributed by atoms with van der Waals surface area (Å²) in [5.74, 6) is 0.825. The number of nitrogens with two attached hydrogens (primary N) is 1. The fourth-order valence-corrected chi connectivity index (χ4v) is 3.00. The zero-order chi connectivity index (χ0) is 12.3. The monoisotopic (exact) mass is 232 g/mol. The van der Waals surface area contributed by atoms with E-state index in [-0.39, 0.29) is 0 Å². The number of nitrogens with one attached hydrogen (secondary N) is 1. The summed E-state index contributed by atoms with van der Waals surface area (Å²) in [7, 11) is 0. The van der Waals surface area contributed by atoms with Gasteiger partial charge in [0, 0.05) is 17.4 Å². The van der Waals surface area contributed by atoms with Crippen LogP contribution >= 0.6 is 0 Å². The second kappa shape index (κ2) is 5.44. The van der Waals surface area contributed by atoms with Crippen LogP contribution in [-0.4, -0.2) is 6.04 Å². The molecule has 0 aliphatic heterocycles. The second-order valence-corrected chi connectivity index (χ2v) is 5.34. The van der Waals surface area contributed by atoms with Gasteiger partial charge in [-0.25, -0.2) is 0 Å². The molecule has 2 nitrogen and oxygen atoms in total. The molecule has 0 spiro atoms. The molecule has 3 N–H and O–H groups in total. The Morgan fingerprint density at radius 3 is 2.71 bits per heavy atom. The van der Waals surface area contributed by atoms with Gasteiger partial charge in [-0.2, -0.15) is 0 Å². The minimum absolute atomic E-state index is 0.634. The first-order valence-corrected chi connectivity index (χ1v) is 6.82. The maximum absolute atomic E-state index is 5.89. The number of nitrogen functional groups attached to an aromatic ring is 1. The van der Waals surface area contributed by atoms with Crippen molar-refractivity contribution in [3.8, 4) is 0 Å². The average molecular weight is 232 g/mol. The van der Waals surface area contributed by atoms with Crippen molar-refractivity contribution in [2.24, 2.45) is 5.92 Å². The van der Waals surface area contributed by atoms with E-state index in [4.69, 9.17) is 5.73 Å². The van der Waals surface area contributed by atoms with Gasteiger partial charge < -0.3 is 11.1 Å². The van der Waals surface area contributed by atoms with Gasteiger partial charge in [-0.15, -0.1) is 0 Å². The molecule has 1 aromatic carbocycles. The third-order valence-corrected chi connectivity index (χ3v) is 3.89. The molecule has 1 fully saturated rings. The van der Waals surface area contributed by atoms with E-state index in [2.05, 4.69) is 25.2 Å². The van der Waals surface area contributed by atoms with Gasteiger partial charge >= 0.3 is 0 Å². The lowest BCUT2D eigenvalue weighted by molar-refractivity contribution is 0.317. The molecule has 0 heterocycles. The zero-order valence-corrected chi connectivity index (χ0v) is 11.0. The molecule has 2 rings (SSSR count). The maximum Gasteiger partial charge on any atom is 0.0365 e. The summed E-state index contributed by atoms with van der Waals surface area (Å²) >= 11 is 0. The van der Waals surface area contributed by atoms with Crippen molar-refractivity contribution < 1.29 is 0 Å². The van der Waals surface area contributed by atoms with Gasteiger partial charge in [-0.1, -0.05) is 26.2 Å². The molecule has 0 bridgehead atoms. The Labute approximate surface area is 105 Å². The van der Waals surface area contributed by atoms with Crippen LogP contribution in [0.1, 0.15) is 44.6 Å². The van der Waals surface area contributed by atoms with Crippen LogP contribution in [0.25, 0.3) is 0 Å². The first-order valence-electron chi connectivity index (χ1n) is 6.82. The number of benzene rings is 1. The van der Waals surface area contributed by atoms with E-state index >= 15 is 0 Å². The highest BCUT2D eigenvalue weighted by atomic mass is 14.9. The number of anilines is 2. The number of rotatable bonds is 3. The molecule has 1 saturated carbocycles. The Kier molecular flexibility index (Phi) is 3.93. The minimum Gasteiger partial charge on any atom is -0.399 e. The first-order chi connectivity index (χ1) is 8.19. The Morgan fingerprint density at radius 1 is 1.24 bits per heavy atom. The maximum atomic E-state index is 5.89. The highest BCUT2D eigenvalue weighted by Gasteiger charge is 2.23. The summed E-state index contributed by atoms with van der Waals surface area (Å²) in [5.41, 5.74) is 9.17. The molecular formula is C15H24N2. The van der Waals surface area contributed by atoms with E-state index < -0.39 is 0 Å². The van der Waals surface area contributed by atoms with E-state index in [1.807, 2.05) is 12.1 Å². The first kappa shape index (κ1) is 12.3. The van der Waals surface area contributed by atoms with Crippen LogP contribution in [0.3, 0.4) is 0 Å². The lowest BCUT2D eigenvalue weighted by atomic mass is 9.83. The molecule has 0 radical (unpaired) electrons. The number of aryl methyl sites for hydroxylation is 1. The zero-order valence-electron chi connectivity index (χ0n) is 11.0. The van der Waals surface area contributed by atoms with Crippen molar-refractivity contribution in [3.05, 3.63) is 23.8 Å². The minimum atomic E-state index is 0.634. The van der Waals surface area contributed by atoms with E-state index in [1.165, 1.54) is 43.4 Å². The number of hydrogen-bond acceptors (Lipinski definition) is 2. The quantitative estimate of drug-likeness (QED) is 0.774. The molecule has 2 heteroatoms. The summed E-state index contributed by atoms with van der Waals surface area (Å²) in [6.07, 6.45) is 6.70. The summed E-state index contributed by atoms with van der Waals surface area (Å²) in [5, 5.41) is 3.68. The van der Waals surface area contributed by atoms with Crippen LogP contribution in [0.4, 0.5) is 11.4 Å². The van der Waals surface area contributed by atoms with Crippen LogP contribution in [0.15, 0.2) is 18.2 Å². The third kappa shape index (κ3) is 3.15. The van der Waals surface area contributed by atoms with E-state index in [0.717, 1.165) is 11.6 Å². The van der Waals surface area contributed by atoms with Gasteiger partial charge in [0.15, 0.2) is 0 Å². The number of hydrogen-bond donors (Lipinski definition) is 2. The van der Waals surface area contributed by atoms with Gasteiger partial charge in [0.25, 0.3) is 0 Å². The SMILES string of the molecule is CCC1CCCCC1Nc1cc(C)cc(N)c1. The van der Waals surface area contributed by atoms with Crippen LogP contribution in [-0.2, 0) is 0 Å². The van der Waals surface area contributed by atoms with Crippen LogP contribution in [0.2, 0.25) is 0 Å². The molecule has 0 aromatic heterocycles. The van der Waals surface area contributed by atoms with Crippen molar-refractivity contribution in [1.82, 2.24) is 0 Å². The van der Waals surface area contributed by atoms with Gasteiger partial charge in [0.2, 0.25) is 0 Å². The second-order valence-electron chi connectivity index (χ2n) is 5.34. The Hall–Kier alpha value is -1.18. The van der Waals surface area contributed by atoms with E-state index in [0.29, 0.717) is 6.04 Å². The predicted octanol–water partition coefficient (Wildman–Crippen LogP) is 3.96.